The molecule has 1 heterocycles. The Labute approximate surface area is 108 Å². The van der Waals surface area contributed by atoms with E-state index in [1.165, 1.54) is 24.4 Å². The van der Waals surface area contributed by atoms with Gasteiger partial charge in [0, 0.05) is 5.69 Å². The van der Waals surface area contributed by atoms with Crippen molar-refractivity contribution in [1.82, 2.24) is 4.98 Å². The lowest BCUT2D eigenvalue weighted by atomic mass is 10.2. The second kappa shape index (κ2) is 4.93. The highest BCUT2D eigenvalue weighted by atomic mass is 19.1. The second-order valence-electron chi connectivity index (χ2n) is 4.05. The van der Waals surface area contributed by atoms with E-state index in [0.717, 1.165) is 5.56 Å². The number of aryl methyl sites for hydroxylation is 1. The number of rotatable bonds is 3. The van der Waals surface area contributed by atoms with Gasteiger partial charge in [0.05, 0.1) is 11.9 Å². The summed E-state index contributed by atoms with van der Waals surface area (Å²) in [4.78, 5) is 15.0. The number of carbonyl (C=O) groups is 1. The number of nitrogens with two attached hydrogens (primary N) is 1. The molecule has 0 saturated heterocycles. The molecular formula is C13H12FN3O2. The van der Waals surface area contributed by atoms with E-state index < -0.39 is 11.8 Å². The quantitative estimate of drug-likeness (QED) is 0.790. The molecule has 0 fully saturated rings. The van der Waals surface area contributed by atoms with E-state index >= 15 is 0 Å². The third-order valence-electron chi connectivity index (χ3n) is 2.59. The SMILES string of the molecule is Cc1ccc(F)cc1Nc1ncc(N)cc1C(=O)O. The number of carboxylic acids is 1. The zero-order valence-corrected chi connectivity index (χ0v) is 10.1. The summed E-state index contributed by atoms with van der Waals surface area (Å²) in [6.07, 6.45) is 1.34. The van der Waals surface area contributed by atoms with Crippen LogP contribution in [0.25, 0.3) is 0 Å². The monoisotopic (exact) mass is 261 g/mol. The van der Waals surface area contributed by atoms with Crippen molar-refractivity contribution in [2.45, 2.75) is 6.92 Å². The van der Waals surface area contributed by atoms with Crippen molar-refractivity contribution in [2.75, 3.05) is 11.1 Å². The number of pyridine rings is 1. The zero-order chi connectivity index (χ0) is 14.0. The number of anilines is 3. The maximum Gasteiger partial charge on any atom is 0.339 e. The Morgan fingerprint density at radius 1 is 1.42 bits per heavy atom. The van der Waals surface area contributed by atoms with E-state index in [9.17, 15) is 9.18 Å². The van der Waals surface area contributed by atoms with E-state index in [1.54, 1.807) is 13.0 Å². The molecule has 5 nitrogen and oxygen atoms in total. The third-order valence-corrected chi connectivity index (χ3v) is 2.59. The van der Waals surface area contributed by atoms with E-state index in [2.05, 4.69) is 10.3 Å². The van der Waals surface area contributed by atoms with Crippen LogP contribution in [0.2, 0.25) is 0 Å². The van der Waals surface area contributed by atoms with Crippen LogP contribution >= 0.6 is 0 Å². The number of nitrogen functional groups attached to an aromatic ring is 1. The first-order valence-corrected chi connectivity index (χ1v) is 5.49. The molecule has 0 amide bonds. The summed E-state index contributed by atoms with van der Waals surface area (Å²) >= 11 is 0. The lowest BCUT2D eigenvalue weighted by Crippen LogP contribution is -2.06. The first-order chi connectivity index (χ1) is 8.97. The van der Waals surface area contributed by atoms with Gasteiger partial charge in [0.25, 0.3) is 0 Å². The van der Waals surface area contributed by atoms with Crippen LogP contribution in [0.3, 0.4) is 0 Å². The standard InChI is InChI=1S/C13H12FN3O2/c1-7-2-3-8(14)4-11(7)17-12-10(13(18)19)5-9(15)6-16-12/h2-6H,15H2,1H3,(H,16,17)(H,18,19). The summed E-state index contributed by atoms with van der Waals surface area (Å²) in [6.45, 7) is 1.78. The molecule has 19 heavy (non-hydrogen) atoms. The highest BCUT2D eigenvalue weighted by Crippen LogP contribution is 2.23. The van der Waals surface area contributed by atoms with Crippen LogP contribution in [-0.4, -0.2) is 16.1 Å². The molecule has 0 unspecified atom stereocenters. The van der Waals surface area contributed by atoms with Crippen molar-refractivity contribution < 1.29 is 14.3 Å². The predicted molar refractivity (Wildman–Crippen MR) is 70.0 cm³/mol. The minimum atomic E-state index is -1.16. The molecule has 0 atom stereocenters. The molecule has 0 saturated carbocycles. The molecule has 98 valence electrons. The van der Waals surface area contributed by atoms with Gasteiger partial charge in [0.15, 0.2) is 0 Å². The number of aromatic nitrogens is 1. The molecule has 0 aliphatic carbocycles. The Morgan fingerprint density at radius 2 is 2.16 bits per heavy atom. The van der Waals surface area contributed by atoms with Gasteiger partial charge in [-0.1, -0.05) is 6.07 Å². The number of hydrogen-bond donors (Lipinski definition) is 3. The van der Waals surface area contributed by atoms with Crippen molar-refractivity contribution in [3.8, 4) is 0 Å². The van der Waals surface area contributed by atoms with Crippen LogP contribution in [0.15, 0.2) is 30.5 Å². The van der Waals surface area contributed by atoms with Gasteiger partial charge in [0.2, 0.25) is 0 Å². The Morgan fingerprint density at radius 3 is 2.84 bits per heavy atom. The van der Waals surface area contributed by atoms with E-state index in [4.69, 9.17) is 10.8 Å². The number of nitrogens with zero attached hydrogens (tertiary/aromatic N) is 1. The predicted octanol–water partition coefficient (Wildman–Crippen LogP) is 2.55. The fourth-order valence-electron chi connectivity index (χ4n) is 1.60. The number of carboxylic acid groups (broad SMARTS) is 1. The highest BCUT2D eigenvalue weighted by Gasteiger charge is 2.13. The number of hydrogen-bond acceptors (Lipinski definition) is 4. The minimum Gasteiger partial charge on any atom is -0.478 e. The van der Waals surface area contributed by atoms with Gasteiger partial charge in [-0.2, -0.15) is 0 Å². The normalized spacial score (nSPS) is 10.2. The van der Waals surface area contributed by atoms with Crippen LogP contribution in [0, 0.1) is 12.7 Å². The Balaban J connectivity index is 2.43. The summed E-state index contributed by atoms with van der Waals surface area (Å²) in [5.74, 6) is -1.45. The fraction of sp³-hybridized carbons (Fsp3) is 0.0769. The van der Waals surface area contributed by atoms with Crippen LogP contribution < -0.4 is 11.1 Å². The molecule has 0 radical (unpaired) electrons. The summed E-state index contributed by atoms with van der Waals surface area (Å²) in [5.41, 5.74) is 6.91. The fourth-order valence-corrected chi connectivity index (χ4v) is 1.60. The largest absolute Gasteiger partial charge is 0.478 e. The Hall–Kier alpha value is -2.63. The summed E-state index contributed by atoms with van der Waals surface area (Å²) in [6, 6.07) is 5.50. The van der Waals surface area contributed by atoms with Crippen LogP contribution in [-0.2, 0) is 0 Å². The van der Waals surface area contributed by atoms with Crippen molar-refractivity contribution >= 4 is 23.2 Å². The van der Waals surface area contributed by atoms with Gasteiger partial charge < -0.3 is 16.2 Å². The number of benzene rings is 1. The van der Waals surface area contributed by atoms with Gasteiger partial charge in [0.1, 0.15) is 17.2 Å². The summed E-state index contributed by atoms with van der Waals surface area (Å²) in [7, 11) is 0. The molecule has 2 aromatic rings. The van der Waals surface area contributed by atoms with Crippen LogP contribution in [0.5, 0.6) is 0 Å². The molecule has 4 N–H and O–H groups in total. The number of aromatic carboxylic acids is 1. The van der Waals surface area contributed by atoms with Gasteiger partial charge >= 0.3 is 5.97 Å². The van der Waals surface area contributed by atoms with E-state index in [0.29, 0.717) is 5.69 Å². The number of nitrogens with one attached hydrogen (secondary N) is 1. The first-order valence-electron chi connectivity index (χ1n) is 5.49. The Bertz CT molecular complexity index is 644. The van der Waals surface area contributed by atoms with Crippen molar-refractivity contribution in [3.05, 3.63) is 47.4 Å². The third kappa shape index (κ3) is 2.79. The van der Waals surface area contributed by atoms with Crippen molar-refractivity contribution in [1.29, 1.82) is 0 Å². The average Bonchev–Trinajstić information content (AvgIpc) is 2.35. The number of halogens is 1. The highest BCUT2D eigenvalue weighted by molar-refractivity contribution is 5.95. The molecular weight excluding hydrogens is 249 g/mol. The van der Waals surface area contributed by atoms with Crippen molar-refractivity contribution in [2.24, 2.45) is 0 Å². The van der Waals surface area contributed by atoms with Crippen LogP contribution in [0.4, 0.5) is 21.6 Å². The maximum atomic E-state index is 13.2. The van der Waals surface area contributed by atoms with Gasteiger partial charge in [-0.25, -0.2) is 14.2 Å². The topological polar surface area (TPSA) is 88.2 Å². The van der Waals surface area contributed by atoms with Crippen molar-refractivity contribution in [3.63, 3.8) is 0 Å². The molecule has 0 bridgehead atoms. The molecule has 6 heteroatoms. The zero-order valence-electron chi connectivity index (χ0n) is 10.1. The summed E-state index contributed by atoms with van der Waals surface area (Å²) in [5, 5.41) is 11.9. The van der Waals surface area contributed by atoms with Gasteiger partial charge in [-0.3, -0.25) is 0 Å². The lowest BCUT2D eigenvalue weighted by molar-refractivity contribution is 0.0697. The minimum absolute atomic E-state index is 0.0661. The first kappa shape index (κ1) is 12.8. The molecule has 0 aliphatic rings. The molecule has 0 aliphatic heterocycles. The van der Waals surface area contributed by atoms with E-state index in [-0.39, 0.29) is 17.1 Å². The van der Waals surface area contributed by atoms with E-state index in [1.807, 2.05) is 0 Å². The Kier molecular flexibility index (Phi) is 3.33. The maximum absolute atomic E-state index is 13.2. The van der Waals surface area contributed by atoms with Gasteiger partial charge in [-0.15, -0.1) is 0 Å². The lowest BCUT2D eigenvalue weighted by Gasteiger charge is -2.11. The molecule has 2 rings (SSSR count). The average molecular weight is 261 g/mol. The summed E-state index contributed by atoms with van der Waals surface area (Å²) < 4.78 is 13.2. The van der Waals surface area contributed by atoms with Gasteiger partial charge in [-0.05, 0) is 30.7 Å². The molecule has 1 aromatic heterocycles. The smallest absolute Gasteiger partial charge is 0.339 e. The molecule has 0 spiro atoms. The second-order valence-corrected chi connectivity index (χ2v) is 4.05. The van der Waals surface area contributed by atoms with Crippen LogP contribution in [0.1, 0.15) is 15.9 Å². The molecule has 1 aromatic carbocycles.